The quantitative estimate of drug-likeness (QED) is 0.809. The Bertz CT molecular complexity index is 790. The van der Waals surface area contributed by atoms with E-state index < -0.39 is 23.9 Å². The molecule has 7 heteroatoms. The van der Waals surface area contributed by atoms with Gasteiger partial charge in [-0.3, -0.25) is 4.90 Å². The second kappa shape index (κ2) is 7.74. The van der Waals surface area contributed by atoms with Gasteiger partial charge in [-0.25, -0.2) is 14.0 Å². The molecule has 0 radical (unpaired) electrons. The van der Waals surface area contributed by atoms with Crippen LogP contribution in [0.15, 0.2) is 48.5 Å². The minimum Gasteiger partial charge on any atom is -0.479 e. The Morgan fingerprint density at radius 2 is 1.92 bits per heavy atom. The number of ether oxygens (including phenoxy) is 1. The minimum absolute atomic E-state index is 0.0269. The van der Waals surface area contributed by atoms with Crippen molar-refractivity contribution in [3.05, 3.63) is 70.5 Å². The molecule has 1 amide bonds. The van der Waals surface area contributed by atoms with Crippen LogP contribution in [-0.4, -0.2) is 28.1 Å². The average molecular weight is 378 g/mol. The Labute approximate surface area is 154 Å². The summed E-state index contributed by atoms with van der Waals surface area (Å²) < 4.78 is 19.0. The third-order valence-electron chi connectivity index (χ3n) is 4.07. The summed E-state index contributed by atoms with van der Waals surface area (Å²) in [6.45, 7) is 0.0269. The van der Waals surface area contributed by atoms with Gasteiger partial charge >= 0.3 is 12.1 Å². The number of amides is 1. The second-order valence-corrected chi connectivity index (χ2v) is 6.56. The van der Waals surface area contributed by atoms with Gasteiger partial charge in [0.25, 0.3) is 0 Å². The number of hydrogen-bond donors (Lipinski definition) is 1. The van der Waals surface area contributed by atoms with Gasteiger partial charge in [0.1, 0.15) is 12.4 Å². The number of benzene rings is 2. The SMILES string of the molecule is O=C(O)C(c1cc(F)cc(Cl)c1)N(C(=O)OCc1ccccc1)C1CC1. The van der Waals surface area contributed by atoms with Crippen LogP contribution in [0.2, 0.25) is 5.02 Å². The molecular weight excluding hydrogens is 361 g/mol. The number of halogens is 2. The van der Waals surface area contributed by atoms with Gasteiger partial charge in [-0.15, -0.1) is 0 Å². The highest BCUT2D eigenvalue weighted by Crippen LogP contribution is 2.36. The number of rotatable bonds is 6. The standard InChI is InChI=1S/C19H17ClFNO4/c20-14-8-13(9-15(21)10-14)17(18(23)24)22(16-6-7-16)19(25)26-11-12-4-2-1-3-5-12/h1-5,8-10,16-17H,6-7,11H2,(H,23,24). The Morgan fingerprint density at radius 3 is 2.50 bits per heavy atom. The second-order valence-electron chi connectivity index (χ2n) is 6.12. The van der Waals surface area contributed by atoms with Crippen LogP contribution < -0.4 is 0 Å². The van der Waals surface area contributed by atoms with E-state index in [9.17, 15) is 19.1 Å². The average Bonchev–Trinajstić information content (AvgIpc) is 3.41. The van der Waals surface area contributed by atoms with Gasteiger partial charge in [0.05, 0.1) is 0 Å². The molecule has 0 heterocycles. The lowest BCUT2D eigenvalue weighted by Crippen LogP contribution is -2.41. The van der Waals surface area contributed by atoms with Crippen molar-refractivity contribution < 1.29 is 23.8 Å². The first-order valence-electron chi connectivity index (χ1n) is 8.13. The van der Waals surface area contributed by atoms with Crippen molar-refractivity contribution in [2.45, 2.75) is 31.5 Å². The molecule has 1 N–H and O–H groups in total. The van der Waals surface area contributed by atoms with E-state index in [1.165, 1.54) is 6.07 Å². The summed E-state index contributed by atoms with van der Waals surface area (Å²) in [6.07, 6.45) is 0.602. The number of carboxylic acids is 1. The Morgan fingerprint density at radius 1 is 1.23 bits per heavy atom. The lowest BCUT2D eigenvalue weighted by Gasteiger charge is -2.28. The van der Waals surface area contributed by atoms with Crippen molar-refractivity contribution >= 4 is 23.7 Å². The predicted octanol–water partition coefficient (Wildman–Crippen LogP) is 4.41. The van der Waals surface area contributed by atoms with Crippen LogP contribution in [-0.2, 0) is 16.1 Å². The molecule has 5 nitrogen and oxygen atoms in total. The monoisotopic (exact) mass is 377 g/mol. The maximum Gasteiger partial charge on any atom is 0.411 e. The number of carbonyl (C=O) groups excluding carboxylic acids is 1. The Hall–Kier alpha value is -2.60. The van der Waals surface area contributed by atoms with Crippen LogP contribution in [0.1, 0.15) is 30.0 Å². The number of aliphatic carboxylic acids is 1. The summed E-state index contributed by atoms with van der Waals surface area (Å²) in [7, 11) is 0. The van der Waals surface area contributed by atoms with Crippen LogP contribution in [0.25, 0.3) is 0 Å². The van der Waals surface area contributed by atoms with E-state index in [2.05, 4.69) is 0 Å². The van der Waals surface area contributed by atoms with Gasteiger partial charge in [-0.1, -0.05) is 41.9 Å². The fourth-order valence-electron chi connectivity index (χ4n) is 2.77. The molecule has 2 aromatic rings. The fourth-order valence-corrected chi connectivity index (χ4v) is 3.00. The summed E-state index contributed by atoms with van der Waals surface area (Å²) in [5.41, 5.74) is 0.892. The third kappa shape index (κ3) is 4.32. The molecule has 1 saturated carbocycles. The highest BCUT2D eigenvalue weighted by molar-refractivity contribution is 6.30. The molecule has 1 aliphatic carbocycles. The summed E-state index contributed by atoms with van der Waals surface area (Å²) in [5, 5.41) is 9.74. The molecule has 0 saturated heterocycles. The van der Waals surface area contributed by atoms with E-state index >= 15 is 0 Å². The van der Waals surface area contributed by atoms with E-state index in [4.69, 9.17) is 16.3 Å². The molecule has 136 valence electrons. The van der Waals surface area contributed by atoms with Crippen LogP contribution >= 0.6 is 11.6 Å². The number of carboxylic acid groups (broad SMARTS) is 1. The van der Waals surface area contributed by atoms with E-state index in [1.54, 1.807) is 12.1 Å². The first-order chi connectivity index (χ1) is 12.5. The van der Waals surface area contributed by atoms with Crippen molar-refractivity contribution in [2.75, 3.05) is 0 Å². The molecule has 3 rings (SSSR count). The van der Waals surface area contributed by atoms with Gasteiger partial charge in [-0.2, -0.15) is 0 Å². The molecule has 2 aromatic carbocycles. The van der Waals surface area contributed by atoms with Crippen LogP contribution in [0, 0.1) is 5.82 Å². The number of hydrogen-bond acceptors (Lipinski definition) is 3. The minimum atomic E-state index is -1.36. The van der Waals surface area contributed by atoms with E-state index in [0.717, 1.165) is 22.6 Å². The number of carbonyl (C=O) groups is 2. The zero-order valence-corrected chi connectivity index (χ0v) is 14.5. The fraction of sp³-hybridized carbons (Fsp3) is 0.263. The molecule has 1 fully saturated rings. The van der Waals surface area contributed by atoms with Crippen molar-refractivity contribution in [1.82, 2.24) is 4.90 Å². The van der Waals surface area contributed by atoms with Gasteiger partial charge < -0.3 is 9.84 Å². The summed E-state index contributed by atoms with van der Waals surface area (Å²) in [5.74, 6) is -1.93. The molecule has 0 bridgehead atoms. The largest absolute Gasteiger partial charge is 0.479 e. The molecule has 26 heavy (non-hydrogen) atoms. The smallest absolute Gasteiger partial charge is 0.411 e. The van der Waals surface area contributed by atoms with E-state index in [1.807, 2.05) is 18.2 Å². The normalized spacial score (nSPS) is 14.5. The van der Waals surface area contributed by atoms with Crippen molar-refractivity contribution in [2.24, 2.45) is 0 Å². The highest BCUT2D eigenvalue weighted by Gasteiger charge is 2.42. The molecular formula is C19H17ClFNO4. The first kappa shape index (κ1) is 18.2. The van der Waals surface area contributed by atoms with Crippen molar-refractivity contribution in [3.8, 4) is 0 Å². The zero-order chi connectivity index (χ0) is 18.7. The molecule has 1 aliphatic rings. The Balaban J connectivity index is 1.84. The van der Waals surface area contributed by atoms with Gasteiger partial charge in [0, 0.05) is 11.1 Å². The lowest BCUT2D eigenvalue weighted by molar-refractivity contribution is -0.143. The molecule has 0 spiro atoms. The summed E-state index contributed by atoms with van der Waals surface area (Å²) in [4.78, 5) is 25.6. The first-order valence-corrected chi connectivity index (χ1v) is 8.51. The van der Waals surface area contributed by atoms with Crippen LogP contribution in [0.4, 0.5) is 9.18 Å². The van der Waals surface area contributed by atoms with Crippen molar-refractivity contribution in [1.29, 1.82) is 0 Å². The topological polar surface area (TPSA) is 66.8 Å². The van der Waals surface area contributed by atoms with Crippen LogP contribution in [0.5, 0.6) is 0 Å². The maximum absolute atomic E-state index is 13.7. The van der Waals surface area contributed by atoms with Crippen molar-refractivity contribution in [3.63, 3.8) is 0 Å². The predicted molar refractivity (Wildman–Crippen MR) is 93.3 cm³/mol. The Kier molecular flexibility index (Phi) is 5.42. The van der Waals surface area contributed by atoms with E-state index in [-0.39, 0.29) is 23.2 Å². The van der Waals surface area contributed by atoms with Crippen LogP contribution in [0.3, 0.4) is 0 Å². The maximum atomic E-state index is 13.7. The number of nitrogens with zero attached hydrogens (tertiary/aromatic N) is 1. The third-order valence-corrected chi connectivity index (χ3v) is 4.29. The van der Waals surface area contributed by atoms with Gasteiger partial charge in [-0.05, 0) is 42.2 Å². The molecule has 1 unspecified atom stereocenters. The summed E-state index contributed by atoms with van der Waals surface area (Å²) in [6, 6.07) is 11.0. The molecule has 1 atom stereocenters. The molecule has 0 aromatic heterocycles. The molecule has 0 aliphatic heterocycles. The van der Waals surface area contributed by atoms with Gasteiger partial charge in [0.15, 0.2) is 6.04 Å². The van der Waals surface area contributed by atoms with E-state index in [0.29, 0.717) is 12.8 Å². The zero-order valence-electron chi connectivity index (χ0n) is 13.8. The summed E-state index contributed by atoms with van der Waals surface area (Å²) >= 11 is 5.85. The van der Waals surface area contributed by atoms with Gasteiger partial charge in [0.2, 0.25) is 0 Å². The highest BCUT2D eigenvalue weighted by atomic mass is 35.5. The lowest BCUT2D eigenvalue weighted by atomic mass is 10.1.